The summed E-state index contributed by atoms with van der Waals surface area (Å²) in [5, 5.41) is 3.28. The highest BCUT2D eigenvalue weighted by atomic mass is 16.2. The molecule has 6 heteroatoms. The Bertz CT molecular complexity index is 600. The second-order valence-corrected chi connectivity index (χ2v) is 5.74. The molecule has 0 aliphatic carbocycles. The average molecular weight is 314 g/mol. The Hall–Kier alpha value is -2.37. The van der Waals surface area contributed by atoms with Gasteiger partial charge in [0.1, 0.15) is 0 Å². The molecule has 23 heavy (non-hydrogen) atoms. The number of carbonyl (C=O) groups excluding carboxylic acids is 2. The molecule has 2 amide bonds. The molecule has 2 aliphatic heterocycles. The lowest BCUT2D eigenvalue weighted by Crippen LogP contribution is -2.40. The van der Waals surface area contributed by atoms with Crippen molar-refractivity contribution in [3.8, 4) is 0 Å². The first-order valence-corrected chi connectivity index (χ1v) is 8.21. The molecule has 0 bridgehead atoms. The predicted molar refractivity (Wildman–Crippen MR) is 88.6 cm³/mol. The molecular weight excluding hydrogens is 292 g/mol. The largest absolute Gasteiger partial charge is 0.357 e. The number of amides is 2. The first kappa shape index (κ1) is 15.5. The van der Waals surface area contributed by atoms with Crippen LogP contribution in [0.3, 0.4) is 0 Å². The van der Waals surface area contributed by atoms with Crippen molar-refractivity contribution in [2.75, 3.05) is 32.7 Å². The van der Waals surface area contributed by atoms with Crippen LogP contribution >= 0.6 is 0 Å². The van der Waals surface area contributed by atoms with Gasteiger partial charge in [-0.25, -0.2) is 0 Å². The fraction of sp³-hybridized carbons (Fsp3) is 0.471. The zero-order valence-electron chi connectivity index (χ0n) is 13.4. The highest BCUT2D eigenvalue weighted by molar-refractivity contribution is 6.21. The number of likely N-dealkylation sites (tertiary alicyclic amines) is 1. The third kappa shape index (κ3) is 3.06. The summed E-state index contributed by atoms with van der Waals surface area (Å²) in [6.07, 6.45) is 2.37. The normalized spacial score (nSPS) is 17.9. The molecule has 0 spiro atoms. The molecule has 0 unspecified atom stereocenters. The molecule has 0 atom stereocenters. The van der Waals surface area contributed by atoms with E-state index in [9.17, 15) is 9.59 Å². The van der Waals surface area contributed by atoms with Crippen LogP contribution in [0.4, 0.5) is 0 Å². The van der Waals surface area contributed by atoms with Crippen molar-refractivity contribution < 1.29 is 9.59 Å². The number of hydrogen-bond donors (Lipinski definition) is 1. The second kappa shape index (κ2) is 6.81. The molecule has 2 heterocycles. The van der Waals surface area contributed by atoms with Gasteiger partial charge in [-0.2, -0.15) is 0 Å². The summed E-state index contributed by atoms with van der Waals surface area (Å²) in [6.45, 7) is 5.61. The Labute approximate surface area is 136 Å². The molecule has 1 aromatic carbocycles. The van der Waals surface area contributed by atoms with Gasteiger partial charge >= 0.3 is 0 Å². The average Bonchev–Trinajstić information content (AvgIpc) is 3.17. The van der Waals surface area contributed by atoms with E-state index >= 15 is 0 Å². The number of fused-ring (bicyclic) bond motifs is 1. The second-order valence-electron chi connectivity index (χ2n) is 5.74. The van der Waals surface area contributed by atoms with Gasteiger partial charge in [-0.3, -0.25) is 19.5 Å². The Balaban J connectivity index is 1.65. The first-order chi connectivity index (χ1) is 11.2. The smallest absolute Gasteiger partial charge is 0.261 e. The summed E-state index contributed by atoms with van der Waals surface area (Å²) in [5.74, 6) is 0.445. The number of nitrogens with zero attached hydrogens (tertiary/aromatic N) is 3. The van der Waals surface area contributed by atoms with Gasteiger partial charge in [-0.05, 0) is 31.9 Å². The van der Waals surface area contributed by atoms with Crippen LogP contribution in [0.5, 0.6) is 0 Å². The Morgan fingerprint density at radius 2 is 1.74 bits per heavy atom. The number of benzene rings is 1. The van der Waals surface area contributed by atoms with Crippen LogP contribution in [0.1, 0.15) is 40.5 Å². The van der Waals surface area contributed by atoms with Crippen LogP contribution in [0.25, 0.3) is 0 Å². The molecule has 122 valence electrons. The van der Waals surface area contributed by atoms with Gasteiger partial charge in [-0.15, -0.1) is 0 Å². The number of rotatable bonds is 4. The van der Waals surface area contributed by atoms with Crippen LogP contribution < -0.4 is 5.32 Å². The summed E-state index contributed by atoms with van der Waals surface area (Å²) < 4.78 is 0. The van der Waals surface area contributed by atoms with E-state index < -0.39 is 0 Å². The maximum absolute atomic E-state index is 12.3. The van der Waals surface area contributed by atoms with Gasteiger partial charge in [0.15, 0.2) is 5.96 Å². The van der Waals surface area contributed by atoms with Crippen LogP contribution in [-0.4, -0.2) is 60.3 Å². The van der Waals surface area contributed by atoms with Gasteiger partial charge in [0.05, 0.1) is 17.7 Å². The topological polar surface area (TPSA) is 65.0 Å². The SMILES string of the molecule is CCNC(=NCCN1C(=O)c2ccccc2C1=O)N1CCCC1. The molecule has 1 aromatic rings. The molecule has 0 saturated carbocycles. The summed E-state index contributed by atoms with van der Waals surface area (Å²) in [4.78, 5) is 32.7. The van der Waals surface area contributed by atoms with Crippen molar-refractivity contribution in [1.82, 2.24) is 15.1 Å². The Morgan fingerprint density at radius 1 is 1.13 bits per heavy atom. The van der Waals surface area contributed by atoms with Crippen molar-refractivity contribution in [3.05, 3.63) is 35.4 Å². The molecule has 1 fully saturated rings. The summed E-state index contributed by atoms with van der Waals surface area (Å²) in [7, 11) is 0. The third-order valence-corrected chi connectivity index (χ3v) is 4.20. The molecular formula is C17H22N4O2. The van der Waals surface area contributed by atoms with Crippen molar-refractivity contribution in [3.63, 3.8) is 0 Å². The van der Waals surface area contributed by atoms with Crippen molar-refractivity contribution in [2.24, 2.45) is 4.99 Å². The van der Waals surface area contributed by atoms with E-state index in [2.05, 4.69) is 15.2 Å². The lowest BCUT2D eigenvalue weighted by Gasteiger charge is -2.21. The summed E-state index contributed by atoms with van der Waals surface area (Å²) >= 11 is 0. The Morgan fingerprint density at radius 3 is 2.30 bits per heavy atom. The molecule has 0 radical (unpaired) electrons. The monoisotopic (exact) mass is 314 g/mol. The predicted octanol–water partition coefficient (Wildman–Crippen LogP) is 1.34. The number of guanidine groups is 1. The molecule has 1 N–H and O–H groups in total. The minimum absolute atomic E-state index is 0.216. The van der Waals surface area contributed by atoms with Crippen molar-refractivity contribution in [1.29, 1.82) is 0 Å². The quantitative estimate of drug-likeness (QED) is 0.517. The van der Waals surface area contributed by atoms with E-state index in [1.807, 2.05) is 6.92 Å². The summed E-state index contributed by atoms with van der Waals surface area (Å²) in [6, 6.07) is 6.96. The van der Waals surface area contributed by atoms with Crippen LogP contribution in [0.2, 0.25) is 0 Å². The highest BCUT2D eigenvalue weighted by Crippen LogP contribution is 2.21. The molecule has 3 rings (SSSR count). The zero-order valence-corrected chi connectivity index (χ0v) is 13.4. The third-order valence-electron chi connectivity index (χ3n) is 4.20. The van der Waals surface area contributed by atoms with E-state index in [4.69, 9.17) is 0 Å². The molecule has 6 nitrogen and oxygen atoms in total. The van der Waals surface area contributed by atoms with Crippen LogP contribution in [0.15, 0.2) is 29.3 Å². The lowest BCUT2D eigenvalue weighted by atomic mass is 10.1. The van der Waals surface area contributed by atoms with Crippen LogP contribution in [0, 0.1) is 0 Å². The van der Waals surface area contributed by atoms with Gasteiger partial charge in [0.25, 0.3) is 11.8 Å². The molecule has 1 saturated heterocycles. The summed E-state index contributed by atoms with van der Waals surface area (Å²) in [5.41, 5.74) is 0.987. The number of aliphatic imine (C=N–C) groups is 1. The molecule has 0 aromatic heterocycles. The minimum atomic E-state index is -0.216. The van der Waals surface area contributed by atoms with Gasteiger partial charge in [0, 0.05) is 26.2 Å². The molecule has 2 aliphatic rings. The van der Waals surface area contributed by atoms with E-state index in [-0.39, 0.29) is 11.8 Å². The van der Waals surface area contributed by atoms with Crippen molar-refractivity contribution >= 4 is 17.8 Å². The van der Waals surface area contributed by atoms with E-state index in [0.717, 1.165) is 25.6 Å². The van der Waals surface area contributed by atoms with Gasteiger partial charge in [-0.1, -0.05) is 12.1 Å². The van der Waals surface area contributed by atoms with E-state index in [0.29, 0.717) is 24.2 Å². The van der Waals surface area contributed by atoms with E-state index in [1.54, 1.807) is 24.3 Å². The number of carbonyl (C=O) groups is 2. The zero-order chi connectivity index (χ0) is 16.2. The van der Waals surface area contributed by atoms with E-state index in [1.165, 1.54) is 17.7 Å². The maximum atomic E-state index is 12.3. The van der Waals surface area contributed by atoms with Crippen LogP contribution in [-0.2, 0) is 0 Å². The van der Waals surface area contributed by atoms with Crippen molar-refractivity contribution in [2.45, 2.75) is 19.8 Å². The standard InChI is InChI=1S/C17H22N4O2/c1-2-18-17(20-10-5-6-11-20)19-9-12-21-15(22)13-7-3-4-8-14(13)16(21)23/h3-4,7-8H,2,5-6,9-12H2,1H3,(H,18,19). The number of imide groups is 1. The fourth-order valence-corrected chi connectivity index (χ4v) is 3.05. The fourth-order valence-electron chi connectivity index (χ4n) is 3.05. The Kier molecular flexibility index (Phi) is 4.60. The number of hydrogen-bond acceptors (Lipinski definition) is 3. The number of nitrogens with one attached hydrogen (secondary N) is 1. The first-order valence-electron chi connectivity index (χ1n) is 8.21. The lowest BCUT2D eigenvalue weighted by molar-refractivity contribution is 0.0659. The van der Waals surface area contributed by atoms with Gasteiger partial charge < -0.3 is 10.2 Å². The highest BCUT2D eigenvalue weighted by Gasteiger charge is 2.34. The minimum Gasteiger partial charge on any atom is -0.357 e. The van der Waals surface area contributed by atoms with Gasteiger partial charge in [0.2, 0.25) is 0 Å². The maximum Gasteiger partial charge on any atom is 0.261 e.